The van der Waals surface area contributed by atoms with Crippen LogP contribution in [0.3, 0.4) is 0 Å². The number of carboxylic acid groups (broad SMARTS) is 1. The first kappa shape index (κ1) is 26.2. The molecule has 27 heavy (non-hydrogen) atoms. The van der Waals surface area contributed by atoms with Crippen molar-refractivity contribution in [2.24, 2.45) is 0 Å². The summed E-state index contributed by atoms with van der Waals surface area (Å²) in [6.45, 7) is 12.5. The van der Waals surface area contributed by atoms with Crippen molar-refractivity contribution in [1.82, 2.24) is 4.90 Å². The van der Waals surface area contributed by atoms with Gasteiger partial charge in [0.05, 0.1) is 0 Å². The summed E-state index contributed by atoms with van der Waals surface area (Å²) in [7, 11) is -1.27. The highest BCUT2D eigenvalue weighted by atomic mass is 28.4. The average Bonchev–Trinajstić information content (AvgIpc) is 2.58. The summed E-state index contributed by atoms with van der Waals surface area (Å²) in [6, 6.07) is 0.534. The molecule has 0 aromatic heterocycles. The second-order valence-corrected chi connectivity index (χ2v) is 8.54. The van der Waals surface area contributed by atoms with Gasteiger partial charge in [0.25, 0.3) is 0 Å². The Morgan fingerprint density at radius 1 is 0.963 bits per heavy atom. The first-order valence-corrected chi connectivity index (χ1v) is 11.4. The highest BCUT2D eigenvalue weighted by Crippen LogP contribution is 2.19. The summed E-state index contributed by atoms with van der Waals surface area (Å²) in [4.78, 5) is 12.9. The lowest BCUT2D eigenvalue weighted by Gasteiger charge is -2.31. The lowest BCUT2D eigenvalue weighted by atomic mass is 10.4. The van der Waals surface area contributed by atoms with Crippen LogP contribution in [-0.4, -0.2) is 77.2 Å². The topological polar surface area (TPSA) is 95.9 Å². The molecule has 0 saturated carbocycles. The van der Waals surface area contributed by atoms with E-state index in [0.717, 1.165) is 0 Å². The minimum atomic E-state index is -2.79. The van der Waals surface area contributed by atoms with Gasteiger partial charge in [-0.25, -0.2) is 4.79 Å². The first-order chi connectivity index (χ1) is 12.7. The smallest absolute Gasteiger partial charge is 0.465 e. The van der Waals surface area contributed by atoms with Gasteiger partial charge in [-0.3, -0.25) is 4.90 Å². The molecule has 0 aromatic carbocycles. The van der Waals surface area contributed by atoms with Crippen molar-refractivity contribution >= 4 is 14.9 Å². The van der Waals surface area contributed by atoms with E-state index in [2.05, 4.69) is 0 Å². The maximum absolute atomic E-state index is 11.6. The molecule has 3 unspecified atom stereocenters. The molecule has 9 nitrogen and oxygen atoms in total. The van der Waals surface area contributed by atoms with Gasteiger partial charge < -0.3 is 32.6 Å². The Morgan fingerprint density at radius 2 is 1.48 bits per heavy atom. The molecule has 0 radical (unpaired) electrons. The van der Waals surface area contributed by atoms with Crippen molar-refractivity contribution in [3.8, 4) is 0 Å². The number of ether oxygens (including phenoxy) is 3. The van der Waals surface area contributed by atoms with Crippen LogP contribution in [0, 0.1) is 0 Å². The zero-order valence-electron chi connectivity index (χ0n) is 17.7. The molecule has 0 saturated heterocycles. The Labute approximate surface area is 164 Å². The maximum Gasteiger partial charge on any atom is 0.500 e. The molecule has 3 atom stereocenters. The Kier molecular flexibility index (Phi) is 13.9. The number of methoxy groups -OCH3 is 1. The number of rotatable bonds is 16. The van der Waals surface area contributed by atoms with Crippen LogP contribution in [0.5, 0.6) is 0 Å². The van der Waals surface area contributed by atoms with Crippen LogP contribution in [0.15, 0.2) is 0 Å². The Morgan fingerprint density at radius 3 is 1.89 bits per heavy atom. The molecule has 0 rings (SSSR count). The fraction of sp³-hybridized carbons (Fsp3) is 0.941. The van der Waals surface area contributed by atoms with Crippen molar-refractivity contribution in [3.63, 3.8) is 0 Å². The SMILES string of the molecule is CCO[Si](CCCN(C(=O)O)C(C)OC(C)OC(C)OC)(OCC)OCC. The fourth-order valence-electron chi connectivity index (χ4n) is 2.61. The van der Waals surface area contributed by atoms with Crippen LogP contribution in [0.4, 0.5) is 4.79 Å². The second-order valence-electron chi connectivity index (χ2n) is 5.80. The minimum Gasteiger partial charge on any atom is -0.465 e. The largest absolute Gasteiger partial charge is 0.500 e. The standard InChI is InChI=1S/C17H37NO8Si/c1-8-22-27(23-9-2,24-10-3)13-11-12-18(17(19)20)14(4)25-16(6)26-15(5)21-7/h14-16H,8-13H2,1-7H3,(H,19,20). The fourth-order valence-corrected chi connectivity index (χ4v) is 5.20. The summed E-state index contributed by atoms with van der Waals surface area (Å²) < 4.78 is 33.5. The minimum absolute atomic E-state index is 0.269. The van der Waals surface area contributed by atoms with E-state index in [-0.39, 0.29) is 6.54 Å². The van der Waals surface area contributed by atoms with Gasteiger partial charge in [-0.2, -0.15) is 0 Å². The summed E-state index contributed by atoms with van der Waals surface area (Å²) in [5.74, 6) is 0. The van der Waals surface area contributed by atoms with Gasteiger partial charge in [0.15, 0.2) is 12.6 Å². The number of hydrogen-bond acceptors (Lipinski definition) is 7. The summed E-state index contributed by atoms with van der Waals surface area (Å²) >= 11 is 0. The zero-order chi connectivity index (χ0) is 20.9. The first-order valence-electron chi connectivity index (χ1n) is 9.50. The van der Waals surface area contributed by atoms with E-state index in [4.69, 9.17) is 27.5 Å². The number of hydrogen-bond donors (Lipinski definition) is 1. The van der Waals surface area contributed by atoms with Crippen molar-refractivity contribution in [2.45, 2.75) is 72.8 Å². The van der Waals surface area contributed by atoms with Gasteiger partial charge >= 0.3 is 14.9 Å². The molecule has 0 aliphatic heterocycles. The third-order valence-corrected chi connectivity index (χ3v) is 6.91. The van der Waals surface area contributed by atoms with Gasteiger partial charge in [0.2, 0.25) is 0 Å². The van der Waals surface area contributed by atoms with Gasteiger partial charge in [-0.05, 0) is 48.0 Å². The van der Waals surface area contributed by atoms with E-state index in [9.17, 15) is 9.90 Å². The van der Waals surface area contributed by atoms with Crippen molar-refractivity contribution in [3.05, 3.63) is 0 Å². The molecule has 1 amide bonds. The monoisotopic (exact) mass is 411 g/mol. The predicted octanol–water partition coefficient (Wildman–Crippen LogP) is 3.12. The maximum atomic E-state index is 11.6. The highest BCUT2D eigenvalue weighted by Gasteiger charge is 2.40. The van der Waals surface area contributed by atoms with Crippen LogP contribution < -0.4 is 0 Å². The molecule has 0 fully saturated rings. The molecule has 10 heteroatoms. The predicted molar refractivity (Wildman–Crippen MR) is 102 cm³/mol. The zero-order valence-corrected chi connectivity index (χ0v) is 18.7. The van der Waals surface area contributed by atoms with Crippen LogP contribution in [0.2, 0.25) is 6.04 Å². The van der Waals surface area contributed by atoms with E-state index in [0.29, 0.717) is 32.3 Å². The number of nitrogens with zero attached hydrogens (tertiary/aromatic N) is 1. The molecule has 162 valence electrons. The van der Waals surface area contributed by atoms with E-state index < -0.39 is 33.7 Å². The van der Waals surface area contributed by atoms with Crippen LogP contribution in [0.1, 0.15) is 48.0 Å². The molecule has 0 aromatic rings. The molecule has 0 spiro atoms. The van der Waals surface area contributed by atoms with Crippen molar-refractivity contribution in [2.75, 3.05) is 33.5 Å². The quantitative estimate of drug-likeness (QED) is 0.306. The lowest BCUT2D eigenvalue weighted by Crippen LogP contribution is -2.47. The lowest BCUT2D eigenvalue weighted by molar-refractivity contribution is -0.249. The number of amides is 1. The summed E-state index contributed by atoms with van der Waals surface area (Å²) in [5, 5.41) is 9.52. The van der Waals surface area contributed by atoms with E-state index in [1.807, 2.05) is 20.8 Å². The van der Waals surface area contributed by atoms with Crippen LogP contribution >= 0.6 is 0 Å². The third kappa shape index (κ3) is 10.4. The second kappa shape index (κ2) is 14.3. The van der Waals surface area contributed by atoms with Crippen molar-refractivity contribution in [1.29, 1.82) is 0 Å². The molecular formula is C17H37NO8Si. The summed E-state index contributed by atoms with van der Waals surface area (Å²) in [6.07, 6.45) is -2.26. The van der Waals surface area contributed by atoms with Gasteiger partial charge in [0.1, 0.15) is 6.23 Å². The highest BCUT2D eigenvalue weighted by molar-refractivity contribution is 6.60. The Hall–Kier alpha value is -0.753. The van der Waals surface area contributed by atoms with Gasteiger partial charge in [0, 0.05) is 39.5 Å². The van der Waals surface area contributed by atoms with E-state index in [1.54, 1.807) is 20.8 Å². The Bertz CT molecular complexity index is 384. The van der Waals surface area contributed by atoms with E-state index in [1.165, 1.54) is 12.0 Å². The Balaban J connectivity index is 4.77. The normalized spacial score (nSPS) is 15.4. The summed E-state index contributed by atoms with van der Waals surface area (Å²) in [5.41, 5.74) is 0. The van der Waals surface area contributed by atoms with Crippen molar-refractivity contribution < 1.29 is 37.4 Å². The van der Waals surface area contributed by atoms with Gasteiger partial charge in [-0.1, -0.05) is 0 Å². The van der Waals surface area contributed by atoms with E-state index >= 15 is 0 Å². The van der Waals surface area contributed by atoms with Crippen LogP contribution in [-0.2, 0) is 27.5 Å². The third-order valence-electron chi connectivity index (χ3n) is 3.76. The molecule has 0 aliphatic rings. The molecular weight excluding hydrogens is 374 g/mol. The number of carbonyl (C=O) groups is 1. The average molecular weight is 412 g/mol. The molecule has 0 bridgehead atoms. The molecule has 0 heterocycles. The van der Waals surface area contributed by atoms with Gasteiger partial charge in [-0.15, -0.1) is 0 Å². The molecule has 1 N–H and O–H groups in total. The van der Waals surface area contributed by atoms with Crippen LogP contribution in [0.25, 0.3) is 0 Å². The molecule has 0 aliphatic carbocycles.